The summed E-state index contributed by atoms with van der Waals surface area (Å²) in [5.41, 5.74) is 3.65. The highest BCUT2D eigenvalue weighted by Gasteiger charge is 2.08. The van der Waals surface area contributed by atoms with Crippen LogP contribution in [0.15, 0.2) is 36.7 Å². The van der Waals surface area contributed by atoms with Gasteiger partial charge in [-0.25, -0.2) is 0 Å². The number of carbonyl (C=O) groups is 1. The number of rotatable bonds is 2. The first-order valence-corrected chi connectivity index (χ1v) is 5.84. The number of aromatic nitrogens is 1. The van der Waals surface area contributed by atoms with Crippen LogP contribution in [-0.2, 0) is 0 Å². The van der Waals surface area contributed by atoms with Crippen LogP contribution in [0.4, 0.5) is 5.69 Å². The van der Waals surface area contributed by atoms with Gasteiger partial charge in [0.1, 0.15) is 6.07 Å². The summed E-state index contributed by atoms with van der Waals surface area (Å²) in [7, 11) is 0. The summed E-state index contributed by atoms with van der Waals surface area (Å²) in [6, 6.07) is 9.28. The van der Waals surface area contributed by atoms with Gasteiger partial charge in [0.2, 0.25) is 0 Å². The maximum atomic E-state index is 12.1. The second kappa shape index (κ2) is 5.32. The standard InChI is InChI=1S/C15H13N3O/c1-10-3-4-14(11(2)5-10)18-15(19)13-6-12(7-16)8-17-9-13/h3-6,8-9H,1-2H3,(H,18,19). The van der Waals surface area contributed by atoms with Crippen molar-refractivity contribution >= 4 is 11.6 Å². The number of pyridine rings is 1. The van der Waals surface area contributed by atoms with E-state index in [4.69, 9.17) is 5.26 Å². The monoisotopic (exact) mass is 251 g/mol. The minimum atomic E-state index is -0.267. The summed E-state index contributed by atoms with van der Waals surface area (Å²) < 4.78 is 0. The Bertz CT molecular complexity index is 671. The first kappa shape index (κ1) is 12.8. The van der Waals surface area contributed by atoms with Crippen molar-refractivity contribution in [2.24, 2.45) is 0 Å². The number of anilines is 1. The van der Waals surface area contributed by atoms with Gasteiger partial charge in [0.05, 0.1) is 11.1 Å². The minimum absolute atomic E-state index is 0.267. The van der Waals surface area contributed by atoms with E-state index >= 15 is 0 Å². The van der Waals surface area contributed by atoms with Gasteiger partial charge >= 0.3 is 0 Å². The van der Waals surface area contributed by atoms with Gasteiger partial charge in [-0.15, -0.1) is 0 Å². The molecule has 2 rings (SSSR count). The zero-order valence-electron chi connectivity index (χ0n) is 10.8. The molecule has 0 aliphatic rings. The van der Waals surface area contributed by atoms with Gasteiger partial charge in [-0.3, -0.25) is 9.78 Å². The quantitative estimate of drug-likeness (QED) is 0.892. The number of amides is 1. The second-order valence-electron chi connectivity index (χ2n) is 4.35. The number of benzene rings is 1. The highest BCUT2D eigenvalue weighted by molar-refractivity contribution is 6.04. The van der Waals surface area contributed by atoms with E-state index in [2.05, 4.69) is 10.3 Å². The molecule has 0 saturated carbocycles. The molecule has 0 unspecified atom stereocenters. The normalized spacial score (nSPS) is 9.74. The molecule has 0 radical (unpaired) electrons. The molecule has 4 heteroatoms. The van der Waals surface area contributed by atoms with Crippen LogP contribution in [0.1, 0.15) is 27.0 Å². The van der Waals surface area contributed by atoms with Crippen molar-refractivity contribution in [2.75, 3.05) is 5.32 Å². The third-order valence-electron chi connectivity index (χ3n) is 2.76. The third kappa shape index (κ3) is 2.96. The summed E-state index contributed by atoms with van der Waals surface area (Å²) in [6.07, 6.45) is 2.87. The Labute approximate surface area is 111 Å². The van der Waals surface area contributed by atoms with E-state index in [9.17, 15) is 4.79 Å². The van der Waals surface area contributed by atoms with Crippen molar-refractivity contribution in [3.63, 3.8) is 0 Å². The number of nitriles is 1. The Balaban J connectivity index is 2.23. The average molecular weight is 251 g/mol. The van der Waals surface area contributed by atoms with Crippen molar-refractivity contribution in [3.8, 4) is 6.07 Å². The molecular formula is C15H13N3O. The molecule has 0 spiro atoms. The molecule has 1 aromatic heterocycles. The Kier molecular flexibility index (Phi) is 3.58. The maximum absolute atomic E-state index is 12.1. The lowest BCUT2D eigenvalue weighted by Crippen LogP contribution is -2.13. The van der Waals surface area contributed by atoms with Crippen molar-refractivity contribution in [1.82, 2.24) is 4.98 Å². The minimum Gasteiger partial charge on any atom is -0.322 e. The molecule has 0 aliphatic heterocycles. The van der Waals surface area contributed by atoms with Gasteiger partial charge in [0.15, 0.2) is 0 Å². The van der Waals surface area contributed by atoms with Crippen LogP contribution in [0.3, 0.4) is 0 Å². The summed E-state index contributed by atoms with van der Waals surface area (Å²) in [5, 5.41) is 11.6. The highest BCUT2D eigenvalue weighted by Crippen LogP contribution is 2.17. The molecule has 1 heterocycles. The molecular weight excluding hydrogens is 238 g/mol. The number of carbonyl (C=O) groups excluding carboxylic acids is 1. The second-order valence-corrected chi connectivity index (χ2v) is 4.35. The average Bonchev–Trinajstić information content (AvgIpc) is 2.42. The highest BCUT2D eigenvalue weighted by atomic mass is 16.1. The van der Waals surface area contributed by atoms with Crippen LogP contribution in [0.5, 0.6) is 0 Å². The Morgan fingerprint density at radius 2 is 2.05 bits per heavy atom. The van der Waals surface area contributed by atoms with Crippen LogP contribution in [0.2, 0.25) is 0 Å². The van der Waals surface area contributed by atoms with E-state index in [1.54, 1.807) is 0 Å². The topological polar surface area (TPSA) is 65.8 Å². The first-order valence-electron chi connectivity index (χ1n) is 5.84. The number of nitrogens with one attached hydrogen (secondary N) is 1. The van der Waals surface area contributed by atoms with Gasteiger partial charge in [0.25, 0.3) is 5.91 Å². The fraction of sp³-hybridized carbons (Fsp3) is 0.133. The van der Waals surface area contributed by atoms with Gasteiger partial charge in [-0.05, 0) is 31.5 Å². The SMILES string of the molecule is Cc1ccc(NC(=O)c2cncc(C#N)c2)c(C)c1. The van der Waals surface area contributed by atoms with Crippen LogP contribution < -0.4 is 5.32 Å². The summed E-state index contributed by atoms with van der Waals surface area (Å²) in [4.78, 5) is 15.9. The zero-order valence-corrected chi connectivity index (χ0v) is 10.8. The molecule has 1 aromatic carbocycles. The van der Waals surface area contributed by atoms with Gasteiger partial charge < -0.3 is 5.32 Å². The molecule has 0 bridgehead atoms. The van der Waals surface area contributed by atoms with Crippen molar-refractivity contribution in [2.45, 2.75) is 13.8 Å². The summed E-state index contributed by atoms with van der Waals surface area (Å²) >= 11 is 0. The number of nitrogens with zero attached hydrogens (tertiary/aromatic N) is 2. The van der Waals surface area contributed by atoms with Crippen LogP contribution in [0.25, 0.3) is 0 Å². The van der Waals surface area contributed by atoms with Crippen molar-refractivity contribution in [1.29, 1.82) is 5.26 Å². The van der Waals surface area contributed by atoms with Gasteiger partial charge in [-0.2, -0.15) is 5.26 Å². The lowest BCUT2D eigenvalue weighted by molar-refractivity contribution is 0.102. The van der Waals surface area contributed by atoms with Crippen molar-refractivity contribution < 1.29 is 4.79 Å². The first-order chi connectivity index (χ1) is 9.10. The molecule has 2 aromatic rings. The van der Waals surface area contributed by atoms with E-state index in [1.165, 1.54) is 18.5 Å². The largest absolute Gasteiger partial charge is 0.322 e. The number of hydrogen-bond donors (Lipinski definition) is 1. The third-order valence-corrected chi connectivity index (χ3v) is 2.76. The van der Waals surface area contributed by atoms with E-state index in [1.807, 2.05) is 38.1 Å². The van der Waals surface area contributed by atoms with Crippen molar-refractivity contribution in [3.05, 3.63) is 58.9 Å². The molecule has 4 nitrogen and oxygen atoms in total. The predicted octanol–water partition coefficient (Wildman–Crippen LogP) is 2.82. The molecule has 0 fully saturated rings. The summed E-state index contributed by atoms with van der Waals surface area (Å²) in [6.45, 7) is 3.94. The van der Waals surface area contributed by atoms with E-state index in [-0.39, 0.29) is 5.91 Å². The molecule has 1 amide bonds. The fourth-order valence-electron chi connectivity index (χ4n) is 1.77. The molecule has 0 aliphatic carbocycles. The Hall–Kier alpha value is -2.67. The maximum Gasteiger partial charge on any atom is 0.257 e. The summed E-state index contributed by atoms with van der Waals surface area (Å²) in [5.74, 6) is -0.267. The Morgan fingerprint density at radius 3 is 2.74 bits per heavy atom. The van der Waals surface area contributed by atoms with Crippen LogP contribution >= 0.6 is 0 Å². The molecule has 19 heavy (non-hydrogen) atoms. The van der Waals surface area contributed by atoms with E-state index < -0.39 is 0 Å². The molecule has 0 atom stereocenters. The van der Waals surface area contributed by atoms with Crippen LogP contribution in [0, 0.1) is 25.2 Å². The lowest BCUT2D eigenvalue weighted by atomic mass is 10.1. The molecule has 94 valence electrons. The molecule has 0 saturated heterocycles. The number of aryl methyl sites for hydroxylation is 2. The van der Waals surface area contributed by atoms with E-state index in [0.29, 0.717) is 11.1 Å². The van der Waals surface area contributed by atoms with E-state index in [0.717, 1.165) is 16.8 Å². The number of hydrogen-bond acceptors (Lipinski definition) is 3. The Morgan fingerprint density at radius 1 is 1.26 bits per heavy atom. The molecule has 1 N–H and O–H groups in total. The van der Waals surface area contributed by atoms with Crippen LogP contribution in [-0.4, -0.2) is 10.9 Å². The zero-order chi connectivity index (χ0) is 13.8. The van der Waals surface area contributed by atoms with Gasteiger partial charge in [-0.1, -0.05) is 17.7 Å². The fourth-order valence-corrected chi connectivity index (χ4v) is 1.77. The smallest absolute Gasteiger partial charge is 0.257 e. The lowest BCUT2D eigenvalue weighted by Gasteiger charge is -2.09. The van der Waals surface area contributed by atoms with Gasteiger partial charge in [0, 0.05) is 18.1 Å². The predicted molar refractivity (Wildman–Crippen MR) is 72.8 cm³/mol.